The highest BCUT2D eigenvalue weighted by molar-refractivity contribution is 7.92. The van der Waals surface area contributed by atoms with Crippen LogP contribution in [0.4, 0.5) is 11.8 Å². The van der Waals surface area contributed by atoms with Gasteiger partial charge in [0.05, 0.1) is 17.5 Å². The molecule has 1 saturated carbocycles. The molecule has 1 fully saturated rings. The summed E-state index contributed by atoms with van der Waals surface area (Å²) in [4.78, 5) is 14.1. The fourth-order valence-electron chi connectivity index (χ4n) is 4.89. The molecule has 197 valence electrons. The van der Waals surface area contributed by atoms with Gasteiger partial charge in [0.1, 0.15) is 5.82 Å². The number of nitrogens with zero attached hydrogens (tertiary/aromatic N) is 3. The van der Waals surface area contributed by atoms with Crippen molar-refractivity contribution in [2.24, 2.45) is 0 Å². The number of nitrogens with one attached hydrogen (secondary N) is 2. The van der Waals surface area contributed by atoms with Gasteiger partial charge in [-0.3, -0.25) is 4.72 Å². The molecule has 1 aliphatic carbocycles. The summed E-state index contributed by atoms with van der Waals surface area (Å²) in [6, 6.07) is 14.8. The molecule has 38 heavy (non-hydrogen) atoms. The maximum Gasteiger partial charge on any atom is 0.263 e. The monoisotopic (exact) mass is 530 g/mol. The SMILES string of the molecule is CCc1cc(-c2ccc(NS(=O)(=O)c3ccccc3C)nc2OC)cc2cnc(NC3CC[CH]CC3)nc12. The number of hydrogen-bond donors (Lipinski definition) is 2. The Balaban J connectivity index is 1.46. The Morgan fingerprint density at radius 2 is 1.84 bits per heavy atom. The van der Waals surface area contributed by atoms with E-state index in [1.807, 2.05) is 18.3 Å². The highest BCUT2D eigenvalue weighted by atomic mass is 32.2. The van der Waals surface area contributed by atoms with Crippen LogP contribution in [0, 0.1) is 13.3 Å². The molecule has 2 heterocycles. The fourth-order valence-corrected chi connectivity index (χ4v) is 6.14. The van der Waals surface area contributed by atoms with Crippen LogP contribution < -0.4 is 14.8 Å². The predicted molar refractivity (Wildman–Crippen MR) is 151 cm³/mol. The maximum atomic E-state index is 12.9. The molecule has 1 aliphatic rings. The van der Waals surface area contributed by atoms with E-state index in [0.717, 1.165) is 59.7 Å². The molecule has 0 atom stereocenters. The summed E-state index contributed by atoms with van der Waals surface area (Å²) in [7, 11) is -2.27. The molecule has 0 saturated heterocycles. The molecule has 1 radical (unpaired) electrons. The fraction of sp³-hybridized carbons (Fsp3) is 0.310. The Morgan fingerprint density at radius 3 is 2.58 bits per heavy atom. The van der Waals surface area contributed by atoms with Gasteiger partial charge in [-0.15, -0.1) is 0 Å². The highest BCUT2D eigenvalue weighted by Crippen LogP contribution is 2.34. The van der Waals surface area contributed by atoms with E-state index < -0.39 is 10.0 Å². The average molecular weight is 531 g/mol. The number of sulfonamides is 1. The number of hydrogen-bond acceptors (Lipinski definition) is 7. The second-order valence-corrected chi connectivity index (χ2v) is 11.2. The zero-order chi connectivity index (χ0) is 26.7. The Bertz CT molecular complexity index is 1570. The van der Waals surface area contributed by atoms with Gasteiger partial charge < -0.3 is 10.1 Å². The van der Waals surface area contributed by atoms with Gasteiger partial charge in [0.15, 0.2) is 0 Å². The topological polar surface area (TPSA) is 106 Å². The van der Waals surface area contributed by atoms with Crippen LogP contribution in [0.1, 0.15) is 43.7 Å². The van der Waals surface area contributed by atoms with Gasteiger partial charge in [-0.1, -0.05) is 25.1 Å². The van der Waals surface area contributed by atoms with E-state index in [1.54, 1.807) is 37.3 Å². The molecule has 2 aromatic heterocycles. The van der Waals surface area contributed by atoms with E-state index in [4.69, 9.17) is 9.72 Å². The molecule has 0 amide bonds. The minimum atomic E-state index is -3.79. The van der Waals surface area contributed by atoms with Gasteiger partial charge in [-0.05, 0) is 92.5 Å². The van der Waals surface area contributed by atoms with Gasteiger partial charge in [-0.25, -0.2) is 18.4 Å². The Kier molecular flexibility index (Phi) is 7.46. The summed E-state index contributed by atoms with van der Waals surface area (Å²) in [5.74, 6) is 1.17. The van der Waals surface area contributed by atoms with Gasteiger partial charge >= 0.3 is 0 Å². The average Bonchev–Trinajstić information content (AvgIpc) is 2.93. The molecular formula is C29H32N5O3S. The molecule has 5 rings (SSSR count). The van der Waals surface area contributed by atoms with Crippen LogP contribution in [-0.2, 0) is 16.4 Å². The number of methoxy groups -OCH3 is 1. The van der Waals surface area contributed by atoms with Gasteiger partial charge in [0, 0.05) is 23.2 Å². The lowest BCUT2D eigenvalue weighted by molar-refractivity contribution is 0.400. The van der Waals surface area contributed by atoms with Crippen LogP contribution in [0.2, 0.25) is 0 Å². The molecule has 9 heteroatoms. The Labute approximate surface area is 224 Å². The van der Waals surface area contributed by atoms with Crippen molar-refractivity contribution in [1.82, 2.24) is 15.0 Å². The van der Waals surface area contributed by atoms with E-state index in [1.165, 1.54) is 7.11 Å². The summed E-state index contributed by atoms with van der Waals surface area (Å²) in [5.41, 5.74) is 4.32. The van der Waals surface area contributed by atoms with Crippen molar-refractivity contribution in [2.75, 3.05) is 17.1 Å². The van der Waals surface area contributed by atoms with E-state index in [-0.39, 0.29) is 10.7 Å². The van der Waals surface area contributed by atoms with Gasteiger partial charge in [0.2, 0.25) is 11.8 Å². The van der Waals surface area contributed by atoms with Crippen LogP contribution in [-0.4, -0.2) is 36.5 Å². The van der Waals surface area contributed by atoms with Crippen LogP contribution in [0.25, 0.3) is 22.0 Å². The second kappa shape index (κ2) is 10.9. The zero-order valence-electron chi connectivity index (χ0n) is 21.9. The Hall–Kier alpha value is -3.72. The number of fused-ring (bicyclic) bond motifs is 1. The first-order valence-corrected chi connectivity index (χ1v) is 14.4. The summed E-state index contributed by atoms with van der Waals surface area (Å²) in [6.07, 6.45) is 9.44. The van der Waals surface area contributed by atoms with Crippen molar-refractivity contribution in [3.63, 3.8) is 0 Å². The van der Waals surface area contributed by atoms with Gasteiger partial charge in [-0.2, -0.15) is 4.98 Å². The largest absolute Gasteiger partial charge is 0.480 e. The van der Waals surface area contributed by atoms with E-state index >= 15 is 0 Å². The molecule has 2 N–H and O–H groups in total. The molecule has 4 aromatic rings. The van der Waals surface area contributed by atoms with Crippen molar-refractivity contribution in [3.05, 3.63) is 72.3 Å². The third-order valence-corrected chi connectivity index (χ3v) is 8.42. The quantitative estimate of drug-likeness (QED) is 0.291. The van der Waals surface area contributed by atoms with Crippen molar-refractivity contribution in [2.45, 2.75) is 56.9 Å². The number of anilines is 2. The van der Waals surface area contributed by atoms with Crippen molar-refractivity contribution in [3.8, 4) is 17.0 Å². The number of aryl methyl sites for hydroxylation is 2. The first-order valence-electron chi connectivity index (χ1n) is 12.9. The lowest BCUT2D eigenvalue weighted by Crippen LogP contribution is -2.23. The standard InChI is InChI=1S/C29H32N5O3S/c1-4-20-16-21(17-22-18-30-29(33-27(20)22)31-23-11-6-5-7-12-23)24-14-15-26(32-28(24)37-3)34-38(35,36)25-13-9-8-10-19(25)2/h5,8-10,13-18,23H,4,6-7,11-12H2,1-3H3,(H,32,34)(H,30,31,33). The lowest BCUT2D eigenvalue weighted by Gasteiger charge is -2.22. The summed E-state index contributed by atoms with van der Waals surface area (Å²) in [6.45, 7) is 3.86. The summed E-state index contributed by atoms with van der Waals surface area (Å²) >= 11 is 0. The number of pyridine rings is 1. The van der Waals surface area contributed by atoms with E-state index in [9.17, 15) is 8.42 Å². The smallest absolute Gasteiger partial charge is 0.263 e. The molecule has 8 nitrogen and oxygen atoms in total. The van der Waals surface area contributed by atoms with Crippen LogP contribution in [0.15, 0.2) is 59.6 Å². The number of rotatable bonds is 8. The van der Waals surface area contributed by atoms with Crippen molar-refractivity contribution < 1.29 is 13.2 Å². The number of benzene rings is 2. The first kappa shape index (κ1) is 25.9. The predicted octanol–water partition coefficient (Wildman–Crippen LogP) is 5.93. The minimum Gasteiger partial charge on any atom is -0.480 e. The van der Waals surface area contributed by atoms with Crippen molar-refractivity contribution >= 4 is 32.7 Å². The third-order valence-electron chi connectivity index (χ3n) is 6.90. The van der Waals surface area contributed by atoms with Gasteiger partial charge in [0.25, 0.3) is 10.0 Å². The lowest BCUT2D eigenvalue weighted by atomic mass is 9.96. The van der Waals surface area contributed by atoms with E-state index in [0.29, 0.717) is 23.4 Å². The summed E-state index contributed by atoms with van der Waals surface area (Å²) in [5, 5.41) is 4.42. The van der Waals surface area contributed by atoms with Crippen molar-refractivity contribution in [1.29, 1.82) is 0 Å². The number of aromatic nitrogens is 3. The highest BCUT2D eigenvalue weighted by Gasteiger charge is 2.20. The molecule has 2 aromatic carbocycles. The molecule has 0 aliphatic heterocycles. The maximum absolute atomic E-state index is 12.9. The van der Waals surface area contributed by atoms with Crippen LogP contribution in [0.5, 0.6) is 5.88 Å². The second-order valence-electron chi connectivity index (χ2n) is 9.53. The van der Waals surface area contributed by atoms with Crippen LogP contribution in [0.3, 0.4) is 0 Å². The molecular weight excluding hydrogens is 498 g/mol. The molecule has 0 unspecified atom stereocenters. The first-order chi connectivity index (χ1) is 18.4. The summed E-state index contributed by atoms with van der Waals surface area (Å²) < 4.78 is 34.1. The van der Waals surface area contributed by atoms with E-state index in [2.05, 4.69) is 39.4 Å². The third kappa shape index (κ3) is 5.43. The van der Waals surface area contributed by atoms with Crippen LogP contribution >= 0.6 is 0 Å². The number of ether oxygens (including phenoxy) is 1. The zero-order valence-corrected chi connectivity index (χ0v) is 22.7. The minimum absolute atomic E-state index is 0.185. The normalized spacial score (nSPS) is 14.4. The Morgan fingerprint density at radius 1 is 1.05 bits per heavy atom. The molecule has 0 bridgehead atoms. The molecule has 0 spiro atoms.